The molecular formula is C17H16O5. The Hall–Kier alpha value is -2.66. The molecule has 0 spiro atoms. The molecule has 22 heavy (non-hydrogen) atoms. The Balaban J connectivity index is 1.91. The SMILES string of the molecule is CC(O)(COC(=O)c1ccccc1)OC(=O)c1ccccc1. The van der Waals surface area contributed by atoms with Crippen LogP contribution in [0.2, 0.25) is 0 Å². The maximum absolute atomic E-state index is 11.9. The molecule has 114 valence electrons. The molecule has 5 nitrogen and oxygen atoms in total. The summed E-state index contributed by atoms with van der Waals surface area (Å²) in [7, 11) is 0. The topological polar surface area (TPSA) is 72.8 Å². The van der Waals surface area contributed by atoms with Crippen molar-refractivity contribution in [3.63, 3.8) is 0 Å². The van der Waals surface area contributed by atoms with E-state index in [0.717, 1.165) is 0 Å². The molecule has 0 aliphatic rings. The number of carbonyl (C=O) groups excluding carboxylic acids is 2. The predicted molar refractivity (Wildman–Crippen MR) is 79.2 cm³/mol. The van der Waals surface area contributed by atoms with Gasteiger partial charge in [-0.25, -0.2) is 9.59 Å². The lowest BCUT2D eigenvalue weighted by molar-refractivity contribution is -0.176. The summed E-state index contributed by atoms with van der Waals surface area (Å²) in [6, 6.07) is 16.6. The third kappa shape index (κ3) is 4.43. The Morgan fingerprint density at radius 1 is 0.909 bits per heavy atom. The van der Waals surface area contributed by atoms with Gasteiger partial charge >= 0.3 is 11.9 Å². The van der Waals surface area contributed by atoms with Crippen molar-refractivity contribution < 1.29 is 24.2 Å². The van der Waals surface area contributed by atoms with Crippen LogP contribution in [-0.4, -0.2) is 29.4 Å². The number of esters is 2. The molecule has 0 radical (unpaired) electrons. The molecule has 0 amide bonds. The summed E-state index contributed by atoms with van der Waals surface area (Å²) in [6.07, 6.45) is 0. The minimum atomic E-state index is -1.91. The normalized spacial score (nSPS) is 13.0. The van der Waals surface area contributed by atoms with E-state index in [1.165, 1.54) is 6.92 Å². The molecule has 1 unspecified atom stereocenters. The van der Waals surface area contributed by atoms with E-state index in [1.807, 2.05) is 0 Å². The van der Waals surface area contributed by atoms with Crippen LogP contribution in [0.25, 0.3) is 0 Å². The zero-order chi connectivity index (χ0) is 16.0. The monoisotopic (exact) mass is 300 g/mol. The largest absolute Gasteiger partial charge is 0.455 e. The number of aliphatic hydroxyl groups is 1. The average molecular weight is 300 g/mol. The van der Waals surface area contributed by atoms with Gasteiger partial charge in [-0.05, 0) is 24.3 Å². The Kier molecular flexibility index (Phi) is 4.91. The van der Waals surface area contributed by atoms with Crippen LogP contribution in [0.1, 0.15) is 27.6 Å². The molecule has 1 N–H and O–H groups in total. The Morgan fingerprint density at radius 3 is 1.86 bits per heavy atom. The lowest BCUT2D eigenvalue weighted by Crippen LogP contribution is -2.37. The van der Waals surface area contributed by atoms with Gasteiger partial charge in [0.1, 0.15) is 0 Å². The van der Waals surface area contributed by atoms with Crippen molar-refractivity contribution in [2.75, 3.05) is 6.61 Å². The van der Waals surface area contributed by atoms with E-state index in [0.29, 0.717) is 11.1 Å². The van der Waals surface area contributed by atoms with Crippen molar-refractivity contribution in [3.05, 3.63) is 71.8 Å². The van der Waals surface area contributed by atoms with Crippen LogP contribution >= 0.6 is 0 Å². The van der Waals surface area contributed by atoms with Crippen LogP contribution < -0.4 is 0 Å². The predicted octanol–water partition coefficient (Wildman–Crippen LogP) is 2.41. The summed E-state index contributed by atoms with van der Waals surface area (Å²) in [6.45, 7) is 0.797. The summed E-state index contributed by atoms with van der Waals surface area (Å²) in [4.78, 5) is 23.6. The lowest BCUT2D eigenvalue weighted by Gasteiger charge is -2.23. The van der Waals surface area contributed by atoms with Gasteiger partial charge in [0.2, 0.25) is 5.79 Å². The number of hydrogen-bond acceptors (Lipinski definition) is 5. The maximum Gasteiger partial charge on any atom is 0.340 e. The molecule has 2 rings (SSSR count). The quantitative estimate of drug-likeness (QED) is 0.678. The number of rotatable bonds is 5. The smallest absolute Gasteiger partial charge is 0.340 e. The summed E-state index contributed by atoms with van der Waals surface area (Å²) in [5.41, 5.74) is 0.657. The zero-order valence-corrected chi connectivity index (χ0v) is 12.1. The van der Waals surface area contributed by atoms with Gasteiger partial charge in [0.15, 0.2) is 6.61 Å². The number of ether oxygens (including phenoxy) is 2. The molecule has 0 fully saturated rings. The Morgan fingerprint density at radius 2 is 1.36 bits per heavy atom. The molecule has 0 aromatic heterocycles. The highest BCUT2D eigenvalue weighted by molar-refractivity contribution is 5.90. The van der Waals surface area contributed by atoms with Gasteiger partial charge < -0.3 is 14.6 Å². The van der Waals surface area contributed by atoms with Crippen molar-refractivity contribution in [2.24, 2.45) is 0 Å². The molecule has 2 aromatic carbocycles. The average Bonchev–Trinajstić information content (AvgIpc) is 2.54. The molecule has 0 aliphatic heterocycles. The van der Waals surface area contributed by atoms with E-state index in [4.69, 9.17) is 9.47 Å². The van der Waals surface area contributed by atoms with Crippen molar-refractivity contribution >= 4 is 11.9 Å². The third-order valence-electron chi connectivity index (χ3n) is 2.80. The van der Waals surface area contributed by atoms with Crippen LogP contribution in [0, 0.1) is 0 Å². The van der Waals surface area contributed by atoms with Gasteiger partial charge in [-0.3, -0.25) is 0 Å². The fourth-order valence-corrected chi connectivity index (χ4v) is 1.72. The van der Waals surface area contributed by atoms with Crippen LogP contribution in [0.5, 0.6) is 0 Å². The van der Waals surface area contributed by atoms with E-state index < -0.39 is 24.3 Å². The van der Waals surface area contributed by atoms with Gasteiger partial charge in [-0.2, -0.15) is 0 Å². The first kappa shape index (κ1) is 15.7. The lowest BCUT2D eigenvalue weighted by atomic mass is 10.2. The second kappa shape index (κ2) is 6.87. The number of carbonyl (C=O) groups is 2. The first-order valence-electron chi connectivity index (χ1n) is 6.71. The molecule has 0 saturated heterocycles. The van der Waals surface area contributed by atoms with Crippen LogP contribution in [-0.2, 0) is 9.47 Å². The fraction of sp³-hybridized carbons (Fsp3) is 0.176. The number of benzene rings is 2. The Labute approximate surface area is 128 Å². The van der Waals surface area contributed by atoms with Gasteiger partial charge in [0, 0.05) is 6.92 Å². The molecule has 5 heteroatoms. The van der Waals surface area contributed by atoms with E-state index in [-0.39, 0.29) is 0 Å². The summed E-state index contributed by atoms with van der Waals surface area (Å²) in [5, 5.41) is 10.0. The van der Waals surface area contributed by atoms with E-state index in [1.54, 1.807) is 60.7 Å². The molecule has 1 atom stereocenters. The molecule has 0 saturated carbocycles. The first-order valence-corrected chi connectivity index (χ1v) is 6.71. The van der Waals surface area contributed by atoms with E-state index in [2.05, 4.69) is 0 Å². The first-order chi connectivity index (χ1) is 10.5. The minimum absolute atomic E-state index is 0.303. The maximum atomic E-state index is 11.9. The zero-order valence-electron chi connectivity index (χ0n) is 12.1. The van der Waals surface area contributed by atoms with Crippen molar-refractivity contribution in [2.45, 2.75) is 12.7 Å². The second-order valence-corrected chi connectivity index (χ2v) is 4.87. The van der Waals surface area contributed by atoms with E-state index >= 15 is 0 Å². The van der Waals surface area contributed by atoms with Crippen molar-refractivity contribution in [1.82, 2.24) is 0 Å². The standard InChI is InChI=1S/C17H16O5/c1-17(20,22-16(19)14-10-6-3-7-11-14)12-21-15(18)13-8-4-2-5-9-13/h2-11,20H,12H2,1H3. The highest BCUT2D eigenvalue weighted by atomic mass is 16.7. The highest BCUT2D eigenvalue weighted by Gasteiger charge is 2.28. The summed E-state index contributed by atoms with van der Waals surface area (Å²) >= 11 is 0. The molecular weight excluding hydrogens is 284 g/mol. The van der Waals surface area contributed by atoms with Crippen LogP contribution in [0.15, 0.2) is 60.7 Å². The third-order valence-corrected chi connectivity index (χ3v) is 2.80. The molecule has 0 aliphatic carbocycles. The van der Waals surface area contributed by atoms with Crippen LogP contribution in [0.4, 0.5) is 0 Å². The molecule has 2 aromatic rings. The minimum Gasteiger partial charge on any atom is -0.455 e. The fourth-order valence-electron chi connectivity index (χ4n) is 1.72. The Bertz CT molecular complexity index is 635. The van der Waals surface area contributed by atoms with E-state index in [9.17, 15) is 14.7 Å². The van der Waals surface area contributed by atoms with Crippen molar-refractivity contribution in [3.8, 4) is 0 Å². The second-order valence-electron chi connectivity index (χ2n) is 4.87. The van der Waals surface area contributed by atoms with Gasteiger partial charge in [-0.15, -0.1) is 0 Å². The summed E-state index contributed by atoms with van der Waals surface area (Å²) in [5.74, 6) is -3.20. The van der Waals surface area contributed by atoms with Crippen molar-refractivity contribution in [1.29, 1.82) is 0 Å². The molecule has 0 heterocycles. The number of hydrogen-bond donors (Lipinski definition) is 1. The molecule has 0 bridgehead atoms. The highest BCUT2D eigenvalue weighted by Crippen LogP contribution is 2.12. The van der Waals surface area contributed by atoms with Gasteiger partial charge in [-0.1, -0.05) is 36.4 Å². The summed E-state index contributed by atoms with van der Waals surface area (Å²) < 4.78 is 9.91. The van der Waals surface area contributed by atoms with Gasteiger partial charge in [0.25, 0.3) is 0 Å². The van der Waals surface area contributed by atoms with Crippen LogP contribution in [0.3, 0.4) is 0 Å². The van der Waals surface area contributed by atoms with Gasteiger partial charge in [0.05, 0.1) is 11.1 Å².